The zero-order valence-electron chi connectivity index (χ0n) is 12.4. The largest absolute Gasteiger partial charge is 0.481 e. The minimum atomic E-state index is -3.55. The van der Waals surface area contributed by atoms with Crippen LogP contribution in [-0.4, -0.2) is 68.0 Å². The van der Waals surface area contributed by atoms with Gasteiger partial charge in [0.15, 0.2) is 0 Å². The topological polar surface area (TPSA) is 87.2 Å². The molecule has 0 aromatic rings. The standard InChI is InChI=1S/C13H24N2O5S/c1-20-10-11-4-2-6-14(8-11)21(18,19)15-7-3-5-12(9-15)13(16)17/h11-12H,2-10H2,1H3,(H,16,17). The van der Waals surface area contributed by atoms with Crippen LogP contribution < -0.4 is 0 Å². The lowest BCUT2D eigenvalue weighted by molar-refractivity contribution is -0.142. The van der Waals surface area contributed by atoms with Crippen molar-refractivity contribution in [2.45, 2.75) is 25.7 Å². The van der Waals surface area contributed by atoms with Crippen LogP contribution in [0.25, 0.3) is 0 Å². The molecule has 2 atom stereocenters. The van der Waals surface area contributed by atoms with Crippen LogP contribution >= 0.6 is 0 Å². The molecule has 8 heteroatoms. The van der Waals surface area contributed by atoms with Crippen molar-refractivity contribution >= 4 is 16.2 Å². The summed E-state index contributed by atoms with van der Waals surface area (Å²) in [6, 6.07) is 0. The third-order valence-electron chi connectivity index (χ3n) is 4.27. The molecular formula is C13H24N2O5S. The minimum absolute atomic E-state index is 0.0864. The van der Waals surface area contributed by atoms with Crippen molar-refractivity contribution in [1.29, 1.82) is 0 Å². The van der Waals surface area contributed by atoms with E-state index in [2.05, 4.69) is 0 Å². The van der Waals surface area contributed by atoms with E-state index in [-0.39, 0.29) is 12.5 Å². The van der Waals surface area contributed by atoms with E-state index in [1.165, 1.54) is 8.61 Å². The molecule has 2 saturated heterocycles. The van der Waals surface area contributed by atoms with Gasteiger partial charge in [-0.15, -0.1) is 0 Å². The van der Waals surface area contributed by atoms with Gasteiger partial charge in [-0.3, -0.25) is 4.79 Å². The Morgan fingerprint density at radius 3 is 2.43 bits per heavy atom. The summed E-state index contributed by atoms with van der Waals surface area (Å²) < 4.78 is 33.3. The van der Waals surface area contributed by atoms with Gasteiger partial charge in [0.1, 0.15) is 0 Å². The molecule has 0 amide bonds. The van der Waals surface area contributed by atoms with Crippen LogP contribution in [0.5, 0.6) is 0 Å². The summed E-state index contributed by atoms with van der Waals surface area (Å²) in [4.78, 5) is 11.1. The Labute approximate surface area is 126 Å². The second-order valence-corrected chi connectivity index (χ2v) is 7.79. The zero-order chi connectivity index (χ0) is 15.5. The van der Waals surface area contributed by atoms with Crippen molar-refractivity contribution in [2.24, 2.45) is 11.8 Å². The van der Waals surface area contributed by atoms with E-state index in [1.807, 2.05) is 0 Å². The first-order valence-electron chi connectivity index (χ1n) is 7.42. The summed E-state index contributed by atoms with van der Waals surface area (Å²) in [7, 11) is -1.93. The average molecular weight is 320 g/mol. The lowest BCUT2D eigenvalue weighted by atomic mass is 10.0. The summed E-state index contributed by atoms with van der Waals surface area (Å²) in [5.74, 6) is -1.28. The quantitative estimate of drug-likeness (QED) is 0.791. The lowest BCUT2D eigenvalue weighted by Gasteiger charge is -2.37. The summed E-state index contributed by atoms with van der Waals surface area (Å²) >= 11 is 0. The molecule has 1 N–H and O–H groups in total. The van der Waals surface area contributed by atoms with Gasteiger partial charge < -0.3 is 9.84 Å². The number of carboxylic acids is 1. The molecule has 2 fully saturated rings. The maximum absolute atomic E-state index is 12.7. The molecule has 2 heterocycles. The first-order chi connectivity index (χ1) is 9.95. The van der Waals surface area contributed by atoms with E-state index in [0.717, 1.165) is 12.8 Å². The van der Waals surface area contributed by atoms with E-state index < -0.39 is 22.1 Å². The van der Waals surface area contributed by atoms with Gasteiger partial charge in [0.25, 0.3) is 10.2 Å². The Hall–Kier alpha value is -0.700. The molecule has 0 aromatic carbocycles. The predicted molar refractivity (Wildman–Crippen MR) is 77.0 cm³/mol. The second-order valence-electron chi connectivity index (χ2n) is 5.86. The first kappa shape index (κ1) is 16.7. The second kappa shape index (κ2) is 7.04. The summed E-state index contributed by atoms with van der Waals surface area (Å²) in [5.41, 5.74) is 0. The number of aliphatic carboxylic acids is 1. The SMILES string of the molecule is COCC1CCCN(S(=O)(=O)N2CCCC(C(=O)O)C2)C1. The zero-order valence-corrected chi connectivity index (χ0v) is 13.2. The molecular weight excluding hydrogens is 296 g/mol. The third-order valence-corrected chi connectivity index (χ3v) is 6.24. The molecule has 7 nitrogen and oxygen atoms in total. The van der Waals surface area contributed by atoms with Crippen molar-refractivity contribution in [2.75, 3.05) is 39.9 Å². The van der Waals surface area contributed by atoms with Crippen molar-refractivity contribution in [1.82, 2.24) is 8.61 Å². The molecule has 0 aliphatic carbocycles. The number of carboxylic acid groups (broad SMARTS) is 1. The first-order valence-corrected chi connectivity index (χ1v) is 8.81. The van der Waals surface area contributed by atoms with E-state index in [9.17, 15) is 13.2 Å². The number of hydrogen-bond donors (Lipinski definition) is 1. The highest BCUT2D eigenvalue weighted by atomic mass is 32.2. The maximum Gasteiger partial charge on any atom is 0.307 e. The van der Waals surface area contributed by atoms with Crippen LogP contribution in [0.4, 0.5) is 0 Å². The number of nitrogens with zero attached hydrogens (tertiary/aromatic N) is 2. The van der Waals surface area contributed by atoms with Crippen molar-refractivity contribution in [3.05, 3.63) is 0 Å². The lowest BCUT2D eigenvalue weighted by Crippen LogP contribution is -2.52. The average Bonchev–Trinajstić information content (AvgIpc) is 2.48. The fourth-order valence-electron chi connectivity index (χ4n) is 3.13. The van der Waals surface area contributed by atoms with E-state index in [4.69, 9.17) is 9.84 Å². The Bertz CT molecular complexity index is 465. The number of carbonyl (C=O) groups is 1. The van der Waals surface area contributed by atoms with Crippen molar-refractivity contribution < 1.29 is 23.1 Å². The van der Waals surface area contributed by atoms with E-state index >= 15 is 0 Å². The Morgan fingerprint density at radius 2 is 1.81 bits per heavy atom. The summed E-state index contributed by atoms with van der Waals surface area (Å²) in [6.07, 6.45) is 2.94. The minimum Gasteiger partial charge on any atom is -0.481 e. The highest BCUT2D eigenvalue weighted by molar-refractivity contribution is 7.86. The molecule has 0 aromatic heterocycles. The maximum atomic E-state index is 12.7. The number of hydrogen-bond acceptors (Lipinski definition) is 4. The molecule has 0 spiro atoms. The monoisotopic (exact) mass is 320 g/mol. The van der Waals surface area contributed by atoms with Gasteiger partial charge in [0.05, 0.1) is 12.5 Å². The molecule has 2 aliphatic rings. The number of piperidine rings is 2. The fourth-order valence-corrected chi connectivity index (χ4v) is 4.94. The Balaban J connectivity index is 2.04. The van der Waals surface area contributed by atoms with Crippen LogP contribution in [0.2, 0.25) is 0 Å². The molecule has 0 bridgehead atoms. The number of methoxy groups -OCH3 is 1. The van der Waals surface area contributed by atoms with Gasteiger partial charge in [-0.25, -0.2) is 0 Å². The van der Waals surface area contributed by atoms with Crippen LogP contribution in [0, 0.1) is 11.8 Å². The molecule has 0 saturated carbocycles. The Kier molecular flexibility index (Phi) is 5.59. The molecule has 21 heavy (non-hydrogen) atoms. The van der Waals surface area contributed by atoms with Gasteiger partial charge in [0, 0.05) is 33.3 Å². The molecule has 2 aliphatic heterocycles. The van der Waals surface area contributed by atoms with Gasteiger partial charge in [0.2, 0.25) is 0 Å². The van der Waals surface area contributed by atoms with Crippen LogP contribution in [0.3, 0.4) is 0 Å². The van der Waals surface area contributed by atoms with Gasteiger partial charge >= 0.3 is 5.97 Å². The Morgan fingerprint density at radius 1 is 1.19 bits per heavy atom. The smallest absolute Gasteiger partial charge is 0.307 e. The van der Waals surface area contributed by atoms with E-state index in [1.54, 1.807) is 7.11 Å². The summed E-state index contributed by atoms with van der Waals surface area (Å²) in [5, 5.41) is 9.09. The normalized spacial score (nSPS) is 29.4. The van der Waals surface area contributed by atoms with Gasteiger partial charge in [-0.2, -0.15) is 17.0 Å². The van der Waals surface area contributed by atoms with Crippen LogP contribution in [0.1, 0.15) is 25.7 Å². The van der Waals surface area contributed by atoms with Crippen LogP contribution in [0.15, 0.2) is 0 Å². The highest BCUT2D eigenvalue weighted by Gasteiger charge is 2.37. The highest BCUT2D eigenvalue weighted by Crippen LogP contribution is 2.25. The van der Waals surface area contributed by atoms with Gasteiger partial charge in [-0.1, -0.05) is 0 Å². The molecule has 0 radical (unpaired) electrons. The van der Waals surface area contributed by atoms with Gasteiger partial charge in [-0.05, 0) is 31.6 Å². The van der Waals surface area contributed by atoms with Crippen molar-refractivity contribution in [3.63, 3.8) is 0 Å². The van der Waals surface area contributed by atoms with E-state index in [0.29, 0.717) is 39.1 Å². The van der Waals surface area contributed by atoms with Crippen molar-refractivity contribution in [3.8, 4) is 0 Å². The van der Waals surface area contributed by atoms with Crippen LogP contribution in [-0.2, 0) is 19.7 Å². The number of rotatable bonds is 5. The fraction of sp³-hybridized carbons (Fsp3) is 0.923. The summed E-state index contributed by atoms with van der Waals surface area (Å²) in [6.45, 7) is 2.03. The molecule has 122 valence electrons. The molecule has 2 unspecified atom stereocenters. The predicted octanol–water partition coefficient (Wildman–Crippen LogP) is 0.386. The molecule has 2 rings (SSSR count). The third kappa shape index (κ3) is 3.94. The number of ether oxygens (including phenoxy) is 1.